The molecule has 4 nitrogen and oxygen atoms in total. The summed E-state index contributed by atoms with van der Waals surface area (Å²) in [5, 5.41) is 3.18. The molecule has 1 aromatic rings. The fourth-order valence-corrected chi connectivity index (χ4v) is 4.12. The van der Waals surface area contributed by atoms with Crippen LogP contribution in [0.25, 0.3) is 0 Å². The van der Waals surface area contributed by atoms with E-state index in [0.29, 0.717) is 6.54 Å². The highest BCUT2D eigenvalue weighted by atomic mass is 32.2. The molecule has 1 aliphatic heterocycles. The van der Waals surface area contributed by atoms with Crippen LogP contribution < -0.4 is 5.32 Å². The Balaban J connectivity index is 1.60. The summed E-state index contributed by atoms with van der Waals surface area (Å²) in [7, 11) is 0. The molecule has 120 valence electrons. The average Bonchev–Trinajstić information content (AvgIpc) is 3.11. The third kappa shape index (κ3) is 3.96. The SMILES string of the molecule is O=C(NC[C@@H](c1ccoc1)N1CCSCC1)[C@H]1CC=CCC1. The van der Waals surface area contributed by atoms with Gasteiger partial charge in [-0.2, -0.15) is 11.8 Å². The highest BCUT2D eigenvalue weighted by Gasteiger charge is 2.25. The van der Waals surface area contributed by atoms with Gasteiger partial charge in [0.25, 0.3) is 0 Å². The van der Waals surface area contributed by atoms with Crippen molar-refractivity contribution in [1.29, 1.82) is 0 Å². The highest BCUT2D eigenvalue weighted by molar-refractivity contribution is 7.99. The topological polar surface area (TPSA) is 45.5 Å². The largest absolute Gasteiger partial charge is 0.472 e. The molecular weight excluding hydrogens is 296 g/mol. The number of nitrogens with one attached hydrogen (secondary N) is 1. The number of hydrogen-bond donors (Lipinski definition) is 1. The highest BCUT2D eigenvalue weighted by Crippen LogP contribution is 2.25. The van der Waals surface area contributed by atoms with Gasteiger partial charge in [0.2, 0.25) is 5.91 Å². The van der Waals surface area contributed by atoms with E-state index >= 15 is 0 Å². The maximum atomic E-state index is 12.4. The smallest absolute Gasteiger partial charge is 0.223 e. The molecule has 22 heavy (non-hydrogen) atoms. The first-order chi connectivity index (χ1) is 10.8. The third-order valence-electron chi connectivity index (χ3n) is 4.52. The standard InChI is InChI=1S/C17H24N2O2S/c20-17(14-4-2-1-3-5-14)18-12-16(15-6-9-21-13-15)19-7-10-22-11-8-19/h1-2,6,9,13-14,16H,3-5,7-8,10-12H2,(H,18,20)/t14-,16-/m0/s1. The first-order valence-corrected chi connectivity index (χ1v) is 9.26. The van der Waals surface area contributed by atoms with Crippen LogP contribution in [0, 0.1) is 5.92 Å². The number of allylic oxidation sites excluding steroid dienone is 2. The molecule has 2 atom stereocenters. The Hall–Kier alpha value is -1.20. The summed E-state index contributed by atoms with van der Waals surface area (Å²) in [4.78, 5) is 14.8. The number of carbonyl (C=O) groups is 1. The molecule has 1 amide bonds. The van der Waals surface area contributed by atoms with Crippen LogP contribution in [-0.2, 0) is 4.79 Å². The number of nitrogens with zero attached hydrogens (tertiary/aromatic N) is 1. The van der Waals surface area contributed by atoms with Gasteiger partial charge in [-0.3, -0.25) is 9.69 Å². The fourth-order valence-electron chi connectivity index (χ4n) is 3.18. The monoisotopic (exact) mass is 320 g/mol. The predicted octanol–water partition coefficient (Wildman–Crippen LogP) is 2.84. The second kappa shape index (κ2) is 7.88. The summed E-state index contributed by atoms with van der Waals surface area (Å²) < 4.78 is 5.26. The number of hydrogen-bond acceptors (Lipinski definition) is 4. The van der Waals surface area contributed by atoms with Crippen LogP contribution in [0.5, 0.6) is 0 Å². The van der Waals surface area contributed by atoms with Crippen LogP contribution in [0.4, 0.5) is 0 Å². The molecule has 0 spiro atoms. The van der Waals surface area contributed by atoms with E-state index in [2.05, 4.69) is 22.4 Å². The maximum absolute atomic E-state index is 12.4. The third-order valence-corrected chi connectivity index (χ3v) is 5.47. The molecule has 0 unspecified atom stereocenters. The van der Waals surface area contributed by atoms with Crippen LogP contribution in [0.1, 0.15) is 30.9 Å². The van der Waals surface area contributed by atoms with E-state index in [0.717, 1.165) is 49.4 Å². The fraction of sp³-hybridized carbons (Fsp3) is 0.588. The second-order valence-corrected chi connectivity index (χ2v) is 7.17. The molecule has 3 rings (SSSR count). The Morgan fingerprint density at radius 1 is 1.41 bits per heavy atom. The Morgan fingerprint density at radius 3 is 2.95 bits per heavy atom. The van der Waals surface area contributed by atoms with E-state index < -0.39 is 0 Å². The molecule has 1 fully saturated rings. The first kappa shape index (κ1) is 15.7. The molecule has 1 aromatic heterocycles. The van der Waals surface area contributed by atoms with Crippen molar-refractivity contribution in [1.82, 2.24) is 10.2 Å². The van der Waals surface area contributed by atoms with Crippen LogP contribution in [0.15, 0.2) is 35.2 Å². The quantitative estimate of drug-likeness (QED) is 0.848. The van der Waals surface area contributed by atoms with Crippen molar-refractivity contribution in [3.8, 4) is 0 Å². The van der Waals surface area contributed by atoms with E-state index in [1.54, 1.807) is 6.26 Å². The Morgan fingerprint density at radius 2 is 2.27 bits per heavy atom. The van der Waals surface area contributed by atoms with Crippen molar-refractivity contribution in [2.75, 3.05) is 31.1 Å². The summed E-state index contributed by atoms with van der Waals surface area (Å²) in [5.74, 6) is 2.67. The van der Waals surface area contributed by atoms with Crippen molar-refractivity contribution in [2.24, 2.45) is 5.92 Å². The molecule has 0 saturated carbocycles. The van der Waals surface area contributed by atoms with Crippen molar-refractivity contribution in [3.05, 3.63) is 36.3 Å². The Kier molecular flexibility index (Phi) is 5.62. The molecular formula is C17H24N2O2S. The summed E-state index contributed by atoms with van der Waals surface area (Å²) in [6, 6.07) is 2.24. The van der Waals surface area contributed by atoms with Gasteiger partial charge in [-0.15, -0.1) is 0 Å². The molecule has 0 aromatic carbocycles. The zero-order valence-corrected chi connectivity index (χ0v) is 13.7. The molecule has 0 bridgehead atoms. The minimum absolute atomic E-state index is 0.145. The van der Waals surface area contributed by atoms with Crippen LogP contribution >= 0.6 is 11.8 Å². The lowest BCUT2D eigenvalue weighted by Crippen LogP contribution is -2.43. The van der Waals surface area contributed by atoms with Crippen LogP contribution in [-0.4, -0.2) is 41.9 Å². The molecule has 2 heterocycles. The maximum Gasteiger partial charge on any atom is 0.223 e. The molecule has 0 radical (unpaired) electrons. The van der Waals surface area contributed by atoms with Crippen LogP contribution in [0.2, 0.25) is 0 Å². The molecule has 1 aliphatic carbocycles. The summed E-state index contributed by atoms with van der Waals surface area (Å²) >= 11 is 2.00. The summed E-state index contributed by atoms with van der Waals surface area (Å²) in [6.07, 6.45) is 10.7. The normalized spacial score (nSPS) is 24.1. The van der Waals surface area contributed by atoms with Gasteiger partial charge >= 0.3 is 0 Å². The molecule has 1 saturated heterocycles. The Labute approximate surface area is 136 Å². The van der Waals surface area contributed by atoms with Gasteiger partial charge in [0.15, 0.2) is 0 Å². The summed E-state index contributed by atoms with van der Waals surface area (Å²) in [6.45, 7) is 2.81. The lowest BCUT2D eigenvalue weighted by Gasteiger charge is -2.34. The van der Waals surface area contributed by atoms with E-state index in [4.69, 9.17) is 4.42 Å². The second-order valence-electron chi connectivity index (χ2n) is 5.95. The summed E-state index contributed by atoms with van der Waals surface area (Å²) in [5.41, 5.74) is 1.16. The number of thioether (sulfide) groups is 1. The first-order valence-electron chi connectivity index (χ1n) is 8.11. The number of carbonyl (C=O) groups excluding carboxylic acids is 1. The van der Waals surface area contributed by atoms with Gasteiger partial charge in [0.05, 0.1) is 18.6 Å². The van der Waals surface area contributed by atoms with E-state index in [1.165, 1.54) is 0 Å². The molecule has 5 heteroatoms. The zero-order valence-electron chi connectivity index (χ0n) is 12.9. The molecule has 1 N–H and O–H groups in total. The van der Waals surface area contributed by atoms with E-state index in [1.807, 2.05) is 24.1 Å². The Bertz CT molecular complexity index is 495. The lowest BCUT2D eigenvalue weighted by atomic mass is 9.93. The number of rotatable bonds is 5. The van der Waals surface area contributed by atoms with Gasteiger partial charge in [-0.05, 0) is 25.3 Å². The van der Waals surface area contributed by atoms with Gasteiger partial charge in [0.1, 0.15) is 0 Å². The zero-order chi connectivity index (χ0) is 15.2. The predicted molar refractivity (Wildman–Crippen MR) is 89.8 cm³/mol. The minimum Gasteiger partial charge on any atom is -0.472 e. The van der Waals surface area contributed by atoms with Gasteiger partial charge in [0, 0.05) is 42.6 Å². The van der Waals surface area contributed by atoms with Gasteiger partial charge < -0.3 is 9.73 Å². The number of amides is 1. The van der Waals surface area contributed by atoms with Crippen LogP contribution in [0.3, 0.4) is 0 Å². The lowest BCUT2D eigenvalue weighted by molar-refractivity contribution is -0.125. The van der Waals surface area contributed by atoms with Gasteiger partial charge in [-0.1, -0.05) is 12.2 Å². The van der Waals surface area contributed by atoms with Crippen molar-refractivity contribution < 1.29 is 9.21 Å². The minimum atomic E-state index is 0.145. The molecule has 2 aliphatic rings. The van der Waals surface area contributed by atoms with E-state index in [9.17, 15) is 4.79 Å². The van der Waals surface area contributed by atoms with Crippen molar-refractivity contribution >= 4 is 17.7 Å². The van der Waals surface area contributed by atoms with Crippen molar-refractivity contribution in [2.45, 2.75) is 25.3 Å². The average molecular weight is 320 g/mol. The van der Waals surface area contributed by atoms with Crippen molar-refractivity contribution in [3.63, 3.8) is 0 Å². The number of furan rings is 1. The van der Waals surface area contributed by atoms with Gasteiger partial charge in [-0.25, -0.2) is 0 Å². The van der Waals surface area contributed by atoms with E-state index in [-0.39, 0.29) is 17.9 Å².